The van der Waals surface area contributed by atoms with Crippen molar-refractivity contribution in [1.82, 2.24) is 15.2 Å². The minimum Gasteiger partial charge on any atom is -0.441 e. The SMILES string of the molecule is Cc1oc(-c2ccccc2)nc1C(=O)NCCN1C(=O)S/C(=C\c2ccccc2)C1=O. The van der Waals surface area contributed by atoms with Gasteiger partial charge >= 0.3 is 0 Å². The first kappa shape index (κ1) is 20.6. The molecule has 2 heterocycles. The minimum atomic E-state index is -0.421. The lowest BCUT2D eigenvalue weighted by molar-refractivity contribution is -0.122. The van der Waals surface area contributed by atoms with Gasteiger partial charge in [0.25, 0.3) is 17.1 Å². The monoisotopic (exact) mass is 433 g/mol. The van der Waals surface area contributed by atoms with Gasteiger partial charge in [-0.25, -0.2) is 4.98 Å². The average molecular weight is 433 g/mol. The third kappa shape index (κ3) is 4.59. The van der Waals surface area contributed by atoms with Crippen LogP contribution in [0.1, 0.15) is 21.8 Å². The second-order valence-electron chi connectivity index (χ2n) is 6.79. The molecule has 3 amide bonds. The van der Waals surface area contributed by atoms with Crippen LogP contribution in [-0.2, 0) is 4.79 Å². The number of rotatable bonds is 6. The zero-order valence-electron chi connectivity index (χ0n) is 16.7. The molecule has 0 bridgehead atoms. The second-order valence-corrected chi connectivity index (χ2v) is 7.78. The summed E-state index contributed by atoms with van der Waals surface area (Å²) >= 11 is 0.894. The first-order valence-corrected chi connectivity index (χ1v) is 10.5. The van der Waals surface area contributed by atoms with Gasteiger partial charge in [0.1, 0.15) is 5.76 Å². The van der Waals surface area contributed by atoms with Crippen molar-refractivity contribution in [2.45, 2.75) is 6.92 Å². The fourth-order valence-corrected chi connectivity index (χ4v) is 3.93. The summed E-state index contributed by atoms with van der Waals surface area (Å²) in [7, 11) is 0. The summed E-state index contributed by atoms with van der Waals surface area (Å²) in [5.74, 6) is -0.0270. The van der Waals surface area contributed by atoms with Gasteiger partial charge in [0, 0.05) is 18.7 Å². The molecule has 1 fully saturated rings. The Morgan fingerprint density at radius 3 is 2.48 bits per heavy atom. The quantitative estimate of drug-likeness (QED) is 0.588. The van der Waals surface area contributed by atoms with Gasteiger partial charge in [-0.2, -0.15) is 0 Å². The second kappa shape index (κ2) is 9.01. The average Bonchev–Trinajstić information content (AvgIpc) is 3.30. The van der Waals surface area contributed by atoms with E-state index in [1.165, 1.54) is 0 Å². The molecular weight excluding hydrogens is 414 g/mol. The van der Waals surface area contributed by atoms with Crippen molar-refractivity contribution in [2.75, 3.05) is 13.1 Å². The Hall–Kier alpha value is -3.65. The fraction of sp³-hybridized carbons (Fsp3) is 0.130. The molecule has 31 heavy (non-hydrogen) atoms. The molecule has 0 unspecified atom stereocenters. The van der Waals surface area contributed by atoms with Crippen LogP contribution in [0.2, 0.25) is 0 Å². The number of hydrogen-bond acceptors (Lipinski definition) is 6. The summed E-state index contributed by atoms with van der Waals surface area (Å²) in [6.07, 6.45) is 1.69. The van der Waals surface area contributed by atoms with Gasteiger partial charge in [0.2, 0.25) is 5.89 Å². The number of benzene rings is 2. The van der Waals surface area contributed by atoms with Gasteiger partial charge in [-0.3, -0.25) is 19.3 Å². The molecule has 0 aliphatic carbocycles. The van der Waals surface area contributed by atoms with E-state index in [-0.39, 0.29) is 29.9 Å². The highest BCUT2D eigenvalue weighted by Crippen LogP contribution is 2.31. The van der Waals surface area contributed by atoms with Gasteiger partial charge in [-0.15, -0.1) is 0 Å². The first-order chi connectivity index (χ1) is 15.0. The fourth-order valence-electron chi connectivity index (χ4n) is 3.07. The van der Waals surface area contributed by atoms with Gasteiger partial charge in [-0.05, 0) is 42.5 Å². The number of amides is 3. The molecule has 0 spiro atoms. The molecule has 1 N–H and O–H groups in total. The Balaban J connectivity index is 1.37. The molecular formula is C23H19N3O4S. The summed E-state index contributed by atoms with van der Waals surface area (Å²) in [4.78, 5) is 43.1. The molecule has 1 aliphatic rings. The third-order valence-electron chi connectivity index (χ3n) is 4.62. The van der Waals surface area contributed by atoms with E-state index in [0.29, 0.717) is 16.6 Å². The van der Waals surface area contributed by atoms with E-state index in [1.54, 1.807) is 13.0 Å². The van der Waals surface area contributed by atoms with Crippen LogP contribution in [0.25, 0.3) is 17.5 Å². The molecule has 0 saturated carbocycles. The number of aromatic nitrogens is 1. The first-order valence-electron chi connectivity index (χ1n) is 9.64. The van der Waals surface area contributed by atoms with Crippen LogP contribution in [0.5, 0.6) is 0 Å². The molecule has 1 aliphatic heterocycles. The standard InChI is InChI=1S/C23H19N3O4S/c1-15-19(25-21(30-15)17-10-6-3-7-11-17)20(27)24-12-13-26-22(28)18(31-23(26)29)14-16-8-4-2-5-9-16/h2-11,14H,12-13H2,1H3,(H,24,27)/b18-14-. The maximum atomic E-state index is 12.6. The van der Waals surface area contributed by atoms with Crippen molar-refractivity contribution in [1.29, 1.82) is 0 Å². The van der Waals surface area contributed by atoms with E-state index in [1.807, 2.05) is 60.7 Å². The van der Waals surface area contributed by atoms with Crippen molar-refractivity contribution < 1.29 is 18.8 Å². The van der Waals surface area contributed by atoms with Crippen molar-refractivity contribution in [3.63, 3.8) is 0 Å². The highest BCUT2D eigenvalue weighted by atomic mass is 32.2. The van der Waals surface area contributed by atoms with E-state index in [2.05, 4.69) is 10.3 Å². The molecule has 4 rings (SSSR count). The van der Waals surface area contributed by atoms with E-state index >= 15 is 0 Å². The molecule has 1 aromatic heterocycles. The van der Waals surface area contributed by atoms with Crippen LogP contribution in [-0.4, -0.2) is 40.0 Å². The molecule has 0 atom stereocenters. The Morgan fingerprint density at radius 1 is 1.10 bits per heavy atom. The summed E-state index contributed by atoms with van der Waals surface area (Å²) in [6.45, 7) is 1.85. The van der Waals surface area contributed by atoms with Crippen LogP contribution in [0.4, 0.5) is 4.79 Å². The van der Waals surface area contributed by atoms with Gasteiger partial charge in [0.15, 0.2) is 5.69 Å². The number of oxazole rings is 1. The lowest BCUT2D eigenvalue weighted by Crippen LogP contribution is -2.37. The molecule has 0 radical (unpaired) electrons. The zero-order chi connectivity index (χ0) is 21.8. The molecule has 8 heteroatoms. The predicted octanol–water partition coefficient (Wildman–Crippen LogP) is 4.12. The minimum absolute atomic E-state index is 0.0744. The lowest BCUT2D eigenvalue weighted by Gasteiger charge is -2.12. The van der Waals surface area contributed by atoms with Crippen LogP contribution in [0.3, 0.4) is 0 Å². The molecule has 7 nitrogen and oxygen atoms in total. The van der Waals surface area contributed by atoms with Crippen LogP contribution in [0, 0.1) is 6.92 Å². The molecule has 156 valence electrons. The Bertz CT molecular complexity index is 1160. The summed E-state index contributed by atoms with van der Waals surface area (Å²) < 4.78 is 5.60. The van der Waals surface area contributed by atoms with Crippen molar-refractivity contribution in [3.8, 4) is 11.5 Å². The topological polar surface area (TPSA) is 92.5 Å². The largest absolute Gasteiger partial charge is 0.441 e. The number of nitrogens with one attached hydrogen (secondary N) is 1. The Morgan fingerprint density at radius 2 is 1.77 bits per heavy atom. The molecule has 1 saturated heterocycles. The highest BCUT2D eigenvalue weighted by molar-refractivity contribution is 8.18. The number of thioether (sulfide) groups is 1. The van der Waals surface area contributed by atoms with Crippen LogP contribution in [0.15, 0.2) is 70.0 Å². The molecule has 2 aromatic carbocycles. The van der Waals surface area contributed by atoms with Gasteiger partial charge < -0.3 is 9.73 Å². The number of carbonyl (C=O) groups excluding carboxylic acids is 3. The lowest BCUT2D eigenvalue weighted by atomic mass is 10.2. The summed E-state index contributed by atoms with van der Waals surface area (Å²) in [5, 5.41) is 2.34. The maximum absolute atomic E-state index is 12.6. The zero-order valence-corrected chi connectivity index (χ0v) is 17.5. The van der Waals surface area contributed by atoms with Gasteiger partial charge in [0.05, 0.1) is 4.91 Å². The van der Waals surface area contributed by atoms with Crippen molar-refractivity contribution in [3.05, 3.63) is 82.6 Å². The number of nitrogens with zero attached hydrogens (tertiary/aromatic N) is 2. The third-order valence-corrected chi connectivity index (χ3v) is 5.53. The predicted molar refractivity (Wildman–Crippen MR) is 118 cm³/mol. The van der Waals surface area contributed by atoms with Crippen molar-refractivity contribution in [2.24, 2.45) is 0 Å². The van der Waals surface area contributed by atoms with Crippen LogP contribution >= 0.6 is 11.8 Å². The number of imide groups is 1. The maximum Gasteiger partial charge on any atom is 0.293 e. The number of carbonyl (C=O) groups is 3. The smallest absolute Gasteiger partial charge is 0.293 e. The highest BCUT2D eigenvalue weighted by Gasteiger charge is 2.34. The van der Waals surface area contributed by atoms with Gasteiger partial charge in [-0.1, -0.05) is 48.5 Å². The normalized spacial score (nSPS) is 15.0. The van der Waals surface area contributed by atoms with E-state index in [0.717, 1.165) is 27.8 Å². The number of hydrogen-bond donors (Lipinski definition) is 1. The number of aryl methyl sites for hydroxylation is 1. The van der Waals surface area contributed by atoms with E-state index in [4.69, 9.17) is 4.42 Å². The van der Waals surface area contributed by atoms with Crippen molar-refractivity contribution >= 4 is 34.9 Å². The Labute approximate surface area is 183 Å². The van der Waals surface area contributed by atoms with E-state index in [9.17, 15) is 14.4 Å². The summed E-state index contributed by atoms with van der Waals surface area (Å²) in [5.41, 5.74) is 1.79. The van der Waals surface area contributed by atoms with E-state index < -0.39 is 5.91 Å². The summed E-state index contributed by atoms with van der Waals surface area (Å²) in [6, 6.07) is 18.6. The molecule has 3 aromatic rings. The Kier molecular flexibility index (Phi) is 5.99. The van der Waals surface area contributed by atoms with Crippen LogP contribution < -0.4 is 5.32 Å².